The molecule has 0 fully saturated rings. The molecule has 1 heterocycles. The molecule has 74 valence electrons. The molecule has 0 spiro atoms. The highest BCUT2D eigenvalue weighted by Crippen LogP contribution is 2.18. The summed E-state index contributed by atoms with van der Waals surface area (Å²) in [6, 6.07) is 10.3. The molecule has 0 atom stereocenters. The quantitative estimate of drug-likeness (QED) is 0.768. The zero-order chi connectivity index (χ0) is 9.97. The van der Waals surface area contributed by atoms with Crippen LogP contribution in [0.25, 0.3) is 0 Å². The molecular weight excluding hydrogens is 174 g/mol. The highest BCUT2D eigenvalue weighted by atomic mass is 15.8. The molecule has 1 aromatic rings. The van der Waals surface area contributed by atoms with Crippen LogP contribution in [0.2, 0.25) is 0 Å². The van der Waals surface area contributed by atoms with Crippen molar-refractivity contribution in [3.8, 4) is 0 Å². The molecule has 1 N–H and O–H groups in total. The predicted molar refractivity (Wildman–Crippen MR) is 58.2 cm³/mol. The summed E-state index contributed by atoms with van der Waals surface area (Å²) < 4.78 is 0. The monoisotopic (exact) mass is 189 g/mol. The van der Waals surface area contributed by atoms with Crippen molar-refractivity contribution >= 4 is 5.69 Å². The van der Waals surface area contributed by atoms with E-state index in [1.54, 1.807) is 0 Å². The van der Waals surface area contributed by atoms with Crippen molar-refractivity contribution in [2.75, 3.05) is 11.6 Å². The topological polar surface area (TPSA) is 18.5 Å². The Morgan fingerprint density at radius 2 is 1.93 bits per heavy atom. The number of anilines is 1. The Bertz CT molecular complexity index is 332. The van der Waals surface area contributed by atoms with Gasteiger partial charge in [0.1, 0.15) is 0 Å². The van der Waals surface area contributed by atoms with Crippen LogP contribution in [0, 0.1) is 0 Å². The van der Waals surface area contributed by atoms with Gasteiger partial charge in [-0.3, -0.25) is 10.0 Å². The van der Waals surface area contributed by atoms with Gasteiger partial charge in [0.05, 0.1) is 5.69 Å². The zero-order valence-corrected chi connectivity index (χ0v) is 8.57. The minimum Gasteiger partial charge on any atom is -0.294 e. The Morgan fingerprint density at radius 1 is 1.21 bits per heavy atom. The molecule has 2 rings (SSSR count). The number of hydrogen-bond donors (Lipinski definition) is 1. The number of rotatable bonds is 2. The minimum atomic E-state index is 0.964. The van der Waals surface area contributed by atoms with Crippen LogP contribution in [0.15, 0.2) is 42.2 Å². The Hall–Kier alpha value is -1.48. The van der Waals surface area contributed by atoms with Gasteiger partial charge in [-0.15, -0.1) is 5.53 Å². The second-order valence-electron chi connectivity index (χ2n) is 3.32. The lowest BCUT2D eigenvalue weighted by Gasteiger charge is -2.22. The van der Waals surface area contributed by atoms with E-state index >= 15 is 0 Å². The molecule has 1 aromatic carbocycles. The number of allylic oxidation sites excluding steroid dienone is 1. The van der Waals surface area contributed by atoms with Gasteiger partial charge in [0.25, 0.3) is 0 Å². The summed E-state index contributed by atoms with van der Waals surface area (Å²) in [5.41, 5.74) is 5.67. The van der Waals surface area contributed by atoms with Gasteiger partial charge in [0.15, 0.2) is 0 Å². The van der Waals surface area contributed by atoms with Gasteiger partial charge in [-0.2, -0.15) is 0 Å². The van der Waals surface area contributed by atoms with E-state index in [1.807, 2.05) is 23.2 Å². The number of benzene rings is 1. The summed E-state index contributed by atoms with van der Waals surface area (Å²) in [5, 5.41) is 4.13. The van der Waals surface area contributed by atoms with E-state index < -0.39 is 0 Å². The van der Waals surface area contributed by atoms with Gasteiger partial charge in [-0.05, 0) is 26.0 Å². The van der Waals surface area contributed by atoms with E-state index in [1.165, 1.54) is 5.70 Å². The number of nitrogens with zero attached hydrogens (tertiary/aromatic N) is 2. The SMILES string of the molecule is CCN1NN(c2ccccc2)C=C1C. The van der Waals surface area contributed by atoms with E-state index in [-0.39, 0.29) is 0 Å². The maximum absolute atomic E-state index is 3.28. The lowest BCUT2D eigenvalue weighted by Crippen LogP contribution is -2.40. The average molecular weight is 189 g/mol. The van der Waals surface area contributed by atoms with Crippen LogP contribution in [0.4, 0.5) is 5.69 Å². The first kappa shape index (κ1) is 9.09. The summed E-state index contributed by atoms with van der Waals surface area (Å²) in [5.74, 6) is 0. The van der Waals surface area contributed by atoms with Gasteiger partial charge in [0.2, 0.25) is 0 Å². The fourth-order valence-electron chi connectivity index (χ4n) is 1.54. The smallest absolute Gasteiger partial charge is 0.0589 e. The third-order valence-corrected chi connectivity index (χ3v) is 2.32. The zero-order valence-electron chi connectivity index (χ0n) is 8.57. The second kappa shape index (κ2) is 3.72. The summed E-state index contributed by atoms with van der Waals surface area (Å²) in [4.78, 5) is 0. The third kappa shape index (κ3) is 1.59. The van der Waals surface area contributed by atoms with Gasteiger partial charge >= 0.3 is 0 Å². The van der Waals surface area contributed by atoms with Crippen LogP contribution in [-0.4, -0.2) is 11.6 Å². The van der Waals surface area contributed by atoms with Crippen molar-refractivity contribution in [3.05, 3.63) is 42.2 Å². The second-order valence-corrected chi connectivity index (χ2v) is 3.32. The standard InChI is InChI=1S/C11H15N3/c1-3-13-10(2)9-14(12-13)11-7-5-4-6-8-11/h4-9,12H,3H2,1-2H3. The van der Waals surface area contributed by atoms with Crippen molar-refractivity contribution in [3.63, 3.8) is 0 Å². The molecule has 3 nitrogen and oxygen atoms in total. The van der Waals surface area contributed by atoms with Crippen LogP contribution >= 0.6 is 0 Å². The fourth-order valence-corrected chi connectivity index (χ4v) is 1.54. The molecule has 0 saturated heterocycles. The maximum atomic E-state index is 3.28. The van der Waals surface area contributed by atoms with Crippen LogP contribution in [0.5, 0.6) is 0 Å². The predicted octanol–water partition coefficient (Wildman–Crippen LogP) is 2.11. The molecular formula is C11H15N3. The molecule has 0 bridgehead atoms. The summed E-state index contributed by atoms with van der Waals surface area (Å²) in [6.45, 7) is 5.18. The van der Waals surface area contributed by atoms with E-state index in [4.69, 9.17) is 0 Å². The van der Waals surface area contributed by atoms with Gasteiger partial charge in [-0.25, -0.2) is 0 Å². The molecule has 3 heteroatoms. The summed E-state index contributed by atoms with van der Waals surface area (Å²) >= 11 is 0. The number of para-hydroxylation sites is 1. The van der Waals surface area contributed by atoms with Gasteiger partial charge in [0, 0.05) is 18.4 Å². The van der Waals surface area contributed by atoms with Gasteiger partial charge in [-0.1, -0.05) is 18.2 Å². The van der Waals surface area contributed by atoms with Crippen molar-refractivity contribution in [2.45, 2.75) is 13.8 Å². The Balaban J connectivity index is 2.17. The van der Waals surface area contributed by atoms with E-state index in [0.29, 0.717) is 0 Å². The van der Waals surface area contributed by atoms with Crippen molar-refractivity contribution in [2.24, 2.45) is 0 Å². The molecule has 1 aliphatic rings. The largest absolute Gasteiger partial charge is 0.294 e. The minimum absolute atomic E-state index is 0.964. The molecule has 0 saturated carbocycles. The highest BCUT2D eigenvalue weighted by Gasteiger charge is 2.15. The van der Waals surface area contributed by atoms with E-state index in [0.717, 1.165) is 12.2 Å². The van der Waals surface area contributed by atoms with Crippen molar-refractivity contribution in [1.82, 2.24) is 10.5 Å². The molecule has 0 aromatic heterocycles. The first-order valence-corrected chi connectivity index (χ1v) is 4.88. The summed E-state index contributed by atoms with van der Waals surface area (Å²) in [7, 11) is 0. The molecule has 0 amide bonds. The van der Waals surface area contributed by atoms with E-state index in [2.05, 4.69) is 42.7 Å². The number of hydrogen-bond acceptors (Lipinski definition) is 3. The number of hydrazine groups is 2. The third-order valence-electron chi connectivity index (χ3n) is 2.32. The van der Waals surface area contributed by atoms with Crippen LogP contribution in [0.1, 0.15) is 13.8 Å². The first-order valence-electron chi connectivity index (χ1n) is 4.88. The van der Waals surface area contributed by atoms with E-state index in [9.17, 15) is 0 Å². The van der Waals surface area contributed by atoms with Crippen molar-refractivity contribution in [1.29, 1.82) is 0 Å². The lowest BCUT2D eigenvalue weighted by atomic mass is 10.3. The Kier molecular flexibility index (Phi) is 2.41. The maximum Gasteiger partial charge on any atom is 0.0589 e. The average Bonchev–Trinajstić information content (AvgIpc) is 2.61. The van der Waals surface area contributed by atoms with Crippen LogP contribution < -0.4 is 10.5 Å². The summed E-state index contributed by atoms with van der Waals surface area (Å²) in [6.07, 6.45) is 2.10. The van der Waals surface area contributed by atoms with Crippen LogP contribution in [-0.2, 0) is 0 Å². The molecule has 0 aliphatic carbocycles. The fraction of sp³-hybridized carbons (Fsp3) is 0.273. The van der Waals surface area contributed by atoms with Gasteiger partial charge < -0.3 is 0 Å². The highest BCUT2D eigenvalue weighted by molar-refractivity contribution is 5.48. The first-order chi connectivity index (χ1) is 6.81. The van der Waals surface area contributed by atoms with Crippen molar-refractivity contribution < 1.29 is 0 Å². The Morgan fingerprint density at radius 3 is 2.50 bits per heavy atom. The van der Waals surface area contributed by atoms with Crippen LogP contribution in [0.3, 0.4) is 0 Å². The molecule has 0 unspecified atom stereocenters. The molecule has 0 radical (unpaired) electrons. The Labute approximate surface area is 84.6 Å². The molecule has 1 aliphatic heterocycles. The number of nitrogens with one attached hydrogen (secondary N) is 1. The lowest BCUT2D eigenvalue weighted by molar-refractivity contribution is 0.287. The molecule has 14 heavy (non-hydrogen) atoms. The normalized spacial score (nSPS) is 16.0.